The molecule has 88 valence electrons. The highest BCUT2D eigenvalue weighted by molar-refractivity contribution is 6.43. The van der Waals surface area contributed by atoms with E-state index in [0.29, 0.717) is 34.4 Å². The molecule has 0 bridgehead atoms. The van der Waals surface area contributed by atoms with Gasteiger partial charge in [-0.3, -0.25) is 0 Å². The van der Waals surface area contributed by atoms with Crippen molar-refractivity contribution in [1.82, 2.24) is 0 Å². The number of aliphatic hydroxyl groups is 1. The standard InChI is InChI=1S/C11H13Cl2NO2/c12-8-3-2-7-10(9(8)13)16-5-1-4-11(7,15)6-14/h2-3,15H,1,4-6,14H2. The van der Waals surface area contributed by atoms with Crippen LogP contribution in [0.5, 0.6) is 5.75 Å². The van der Waals surface area contributed by atoms with E-state index in [1.165, 1.54) is 0 Å². The largest absolute Gasteiger partial charge is 0.492 e. The Morgan fingerprint density at radius 2 is 2.19 bits per heavy atom. The highest BCUT2D eigenvalue weighted by Gasteiger charge is 2.34. The molecule has 1 aliphatic rings. The Kier molecular flexibility index (Phi) is 3.31. The van der Waals surface area contributed by atoms with Gasteiger partial charge >= 0.3 is 0 Å². The Balaban J connectivity index is 2.59. The second kappa shape index (κ2) is 4.41. The lowest BCUT2D eigenvalue weighted by Crippen LogP contribution is -2.34. The van der Waals surface area contributed by atoms with Crippen LogP contribution in [-0.2, 0) is 5.60 Å². The number of fused-ring (bicyclic) bond motifs is 1. The Labute approximate surface area is 104 Å². The summed E-state index contributed by atoms with van der Waals surface area (Å²) in [7, 11) is 0. The van der Waals surface area contributed by atoms with Gasteiger partial charge in [-0.25, -0.2) is 0 Å². The van der Waals surface area contributed by atoms with Crippen LogP contribution in [0.4, 0.5) is 0 Å². The van der Waals surface area contributed by atoms with Gasteiger partial charge in [-0.15, -0.1) is 0 Å². The van der Waals surface area contributed by atoms with E-state index in [1.54, 1.807) is 12.1 Å². The quantitative estimate of drug-likeness (QED) is 0.816. The molecule has 16 heavy (non-hydrogen) atoms. The van der Waals surface area contributed by atoms with Gasteiger partial charge < -0.3 is 15.6 Å². The maximum atomic E-state index is 10.4. The molecule has 0 saturated heterocycles. The maximum Gasteiger partial charge on any atom is 0.145 e. The maximum absolute atomic E-state index is 10.4. The summed E-state index contributed by atoms with van der Waals surface area (Å²) in [6, 6.07) is 3.37. The molecule has 0 aliphatic carbocycles. The highest BCUT2D eigenvalue weighted by atomic mass is 35.5. The van der Waals surface area contributed by atoms with E-state index in [4.69, 9.17) is 33.7 Å². The molecule has 0 fully saturated rings. The van der Waals surface area contributed by atoms with Crippen molar-refractivity contribution in [2.75, 3.05) is 13.2 Å². The minimum atomic E-state index is -1.07. The van der Waals surface area contributed by atoms with Gasteiger partial charge in [0.1, 0.15) is 16.4 Å². The van der Waals surface area contributed by atoms with E-state index >= 15 is 0 Å². The number of benzene rings is 1. The molecule has 0 spiro atoms. The summed E-state index contributed by atoms with van der Waals surface area (Å²) in [6.45, 7) is 0.649. The smallest absolute Gasteiger partial charge is 0.145 e. The molecule has 0 aromatic heterocycles. The van der Waals surface area contributed by atoms with Gasteiger partial charge in [0.2, 0.25) is 0 Å². The predicted octanol–water partition coefficient (Wildman–Crippen LogP) is 2.31. The molecule has 1 aromatic rings. The van der Waals surface area contributed by atoms with Crippen LogP contribution in [0.15, 0.2) is 12.1 Å². The van der Waals surface area contributed by atoms with E-state index in [0.717, 1.165) is 6.42 Å². The minimum absolute atomic E-state index is 0.140. The first-order valence-corrected chi connectivity index (χ1v) is 5.88. The van der Waals surface area contributed by atoms with Crippen molar-refractivity contribution in [3.05, 3.63) is 27.7 Å². The summed E-state index contributed by atoms with van der Waals surface area (Å²) in [6.07, 6.45) is 1.30. The van der Waals surface area contributed by atoms with Crippen LogP contribution in [0.1, 0.15) is 18.4 Å². The summed E-state index contributed by atoms with van der Waals surface area (Å²) >= 11 is 12.0. The fourth-order valence-corrected chi connectivity index (χ4v) is 2.29. The Hall–Kier alpha value is -0.480. The molecule has 3 nitrogen and oxygen atoms in total. The average molecular weight is 262 g/mol. The van der Waals surface area contributed by atoms with Crippen LogP contribution < -0.4 is 10.5 Å². The third-order valence-electron chi connectivity index (χ3n) is 2.87. The number of nitrogens with two attached hydrogens (primary N) is 1. The third-order valence-corrected chi connectivity index (χ3v) is 3.66. The van der Waals surface area contributed by atoms with E-state index in [9.17, 15) is 5.11 Å². The van der Waals surface area contributed by atoms with Crippen LogP contribution >= 0.6 is 23.2 Å². The average Bonchev–Trinajstić information content (AvgIpc) is 2.45. The molecule has 5 heteroatoms. The lowest BCUT2D eigenvalue weighted by atomic mass is 9.89. The topological polar surface area (TPSA) is 55.5 Å². The second-order valence-corrected chi connectivity index (χ2v) is 4.71. The monoisotopic (exact) mass is 261 g/mol. The zero-order valence-corrected chi connectivity index (χ0v) is 10.2. The van der Waals surface area contributed by atoms with Gasteiger partial charge in [-0.1, -0.05) is 29.3 Å². The third kappa shape index (κ3) is 1.89. The number of ether oxygens (including phenoxy) is 1. The summed E-state index contributed by atoms with van der Waals surface area (Å²) < 4.78 is 5.53. The molecular formula is C11H13Cl2NO2. The molecule has 1 aliphatic heterocycles. The van der Waals surface area contributed by atoms with Crippen molar-refractivity contribution < 1.29 is 9.84 Å². The summed E-state index contributed by atoms with van der Waals surface area (Å²) in [5.74, 6) is 0.458. The molecule has 3 N–H and O–H groups in total. The van der Waals surface area contributed by atoms with Crippen molar-refractivity contribution >= 4 is 23.2 Å². The molecule has 1 unspecified atom stereocenters. The van der Waals surface area contributed by atoms with Gasteiger partial charge in [0.15, 0.2) is 0 Å². The van der Waals surface area contributed by atoms with Gasteiger partial charge in [-0.2, -0.15) is 0 Å². The summed E-state index contributed by atoms with van der Waals surface area (Å²) in [4.78, 5) is 0. The van der Waals surface area contributed by atoms with Crippen LogP contribution in [-0.4, -0.2) is 18.3 Å². The van der Waals surface area contributed by atoms with Crippen molar-refractivity contribution in [2.24, 2.45) is 5.73 Å². The van der Waals surface area contributed by atoms with E-state index in [-0.39, 0.29) is 6.54 Å². The summed E-state index contributed by atoms with van der Waals surface area (Å²) in [5.41, 5.74) is 5.19. The van der Waals surface area contributed by atoms with Crippen molar-refractivity contribution in [3.63, 3.8) is 0 Å². The van der Waals surface area contributed by atoms with E-state index < -0.39 is 5.60 Å². The molecule has 0 amide bonds. The lowest BCUT2D eigenvalue weighted by molar-refractivity contribution is 0.0374. The van der Waals surface area contributed by atoms with Crippen LogP contribution in [0.3, 0.4) is 0 Å². The Morgan fingerprint density at radius 1 is 1.44 bits per heavy atom. The van der Waals surface area contributed by atoms with Crippen LogP contribution in [0.25, 0.3) is 0 Å². The molecule has 1 atom stereocenters. The van der Waals surface area contributed by atoms with Crippen LogP contribution in [0.2, 0.25) is 10.0 Å². The first-order chi connectivity index (χ1) is 7.58. The lowest BCUT2D eigenvalue weighted by Gasteiger charge is -2.26. The first kappa shape index (κ1) is 12.0. The van der Waals surface area contributed by atoms with Gasteiger partial charge in [0, 0.05) is 12.1 Å². The molecule has 2 rings (SSSR count). The Bertz CT molecular complexity index is 411. The number of hydrogen-bond donors (Lipinski definition) is 2. The molecular weight excluding hydrogens is 249 g/mol. The molecule has 1 aromatic carbocycles. The van der Waals surface area contributed by atoms with Gasteiger partial charge in [0.05, 0.1) is 11.6 Å². The van der Waals surface area contributed by atoms with Gasteiger partial charge in [-0.05, 0) is 18.9 Å². The van der Waals surface area contributed by atoms with Crippen molar-refractivity contribution in [3.8, 4) is 5.75 Å². The SMILES string of the molecule is NCC1(O)CCCOc2c1ccc(Cl)c2Cl. The minimum Gasteiger partial charge on any atom is -0.492 e. The first-order valence-electron chi connectivity index (χ1n) is 5.12. The molecule has 0 saturated carbocycles. The van der Waals surface area contributed by atoms with E-state index in [2.05, 4.69) is 0 Å². The Morgan fingerprint density at radius 3 is 2.88 bits per heavy atom. The second-order valence-electron chi connectivity index (χ2n) is 3.93. The molecule has 0 radical (unpaired) electrons. The highest BCUT2D eigenvalue weighted by Crippen LogP contribution is 2.43. The fraction of sp³-hybridized carbons (Fsp3) is 0.455. The van der Waals surface area contributed by atoms with Crippen LogP contribution in [0, 0.1) is 0 Å². The number of rotatable bonds is 1. The van der Waals surface area contributed by atoms with Crippen molar-refractivity contribution in [1.29, 1.82) is 0 Å². The number of hydrogen-bond acceptors (Lipinski definition) is 3. The zero-order chi connectivity index (χ0) is 11.8. The number of halogens is 2. The predicted molar refractivity (Wildman–Crippen MR) is 64.1 cm³/mol. The fourth-order valence-electron chi connectivity index (χ4n) is 1.93. The summed E-state index contributed by atoms with van der Waals surface area (Å²) in [5, 5.41) is 11.2. The zero-order valence-electron chi connectivity index (χ0n) is 8.67. The normalized spacial score (nSPS) is 24.5. The van der Waals surface area contributed by atoms with Gasteiger partial charge in [0.25, 0.3) is 0 Å². The van der Waals surface area contributed by atoms with E-state index in [1.807, 2.05) is 0 Å². The molecule has 1 heterocycles. The van der Waals surface area contributed by atoms with Crippen molar-refractivity contribution in [2.45, 2.75) is 18.4 Å².